The summed E-state index contributed by atoms with van der Waals surface area (Å²) in [6, 6.07) is 10.9. The van der Waals surface area contributed by atoms with E-state index in [0.29, 0.717) is 28.6 Å². The Balaban J connectivity index is 2.27. The van der Waals surface area contributed by atoms with Gasteiger partial charge in [-0.2, -0.15) is 0 Å². The topological polar surface area (TPSA) is 42.4 Å². The summed E-state index contributed by atoms with van der Waals surface area (Å²) in [4.78, 5) is 4.14. The molecule has 0 amide bonds. The van der Waals surface area contributed by atoms with Gasteiger partial charge in [0, 0.05) is 11.8 Å². The lowest BCUT2D eigenvalue weighted by atomic mass is 10.0. The zero-order chi connectivity index (χ0) is 13.7. The van der Waals surface area contributed by atoms with Gasteiger partial charge < -0.3 is 9.84 Å². The van der Waals surface area contributed by atoms with Gasteiger partial charge in [0.2, 0.25) is 0 Å². The first-order valence-electron chi connectivity index (χ1n) is 6.23. The van der Waals surface area contributed by atoms with Gasteiger partial charge in [-0.3, -0.25) is 4.98 Å². The molecule has 1 N–H and O–H groups in total. The van der Waals surface area contributed by atoms with Gasteiger partial charge in [-0.25, -0.2) is 0 Å². The van der Waals surface area contributed by atoms with E-state index in [1.807, 2.05) is 31.2 Å². The Morgan fingerprint density at radius 3 is 2.74 bits per heavy atom. The molecule has 3 nitrogen and oxygen atoms in total. The minimum absolute atomic E-state index is 0.548. The van der Waals surface area contributed by atoms with E-state index in [4.69, 9.17) is 16.3 Å². The van der Waals surface area contributed by atoms with Crippen molar-refractivity contribution in [2.45, 2.75) is 19.4 Å². The number of hydrogen-bond donors (Lipinski definition) is 1. The van der Waals surface area contributed by atoms with Crippen LogP contribution in [-0.4, -0.2) is 16.7 Å². The number of benzene rings is 1. The third-order valence-electron chi connectivity index (χ3n) is 2.71. The number of halogens is 1. The summed E-state index contributed by atoms with van der Waals surface area (Å²) in [6.45, 7) is 2.66. The van der Waals surface area contributed by atoms with Crippen molar-refractivity contribution in [3.05, 3.63) is 58.9 Å². The smallest absolute Gasteiger partial charge is 0.125 e. The lowest BCUT2D eigenvalue weighted by Gasteiger charge is -2.15. The number of nitrogens with zero attached hydrogens (tertiary/aromatic N) is 1. The van der Waals surface area contributed by atoms with Crippen LogP contribution in [-0.2, 0) is 0 Å². The molecule has 0 spiro atoms. The van der Waals surface area contributed by atoms with E-state index in [-0.39, 0.29) is 0 Å². The van der Waals surface area contributed by atoms with Crippen molar-refractivity contribution in [1.82, 2.24) is 4.98 Å². The highest BCUT2D eigenvalue weighted by Gasteiger charge is 2.16. The van der Waals surface area contributed by atoms with Crippen molar-refractivity contribution < 1.29 is 9.84 Å². The summed E-state index contributed by atoms with van der Waals surface area (Å²) in [5.74, 6) is 0.689. The summed E-state index contributed by atoms with van der Waals surface area (Å²) >= 11 is 5.79. The van der Waals surface area contributed by atoms with Crippen LogP contribution in [0.1, 0.15) is 30.7 Å². The van der Waals surface area contributed by atoms with Crippen LogP contribution < -0.4 is 4.74 Å². The van der Waals surface area contributed by atoms with Crippen molar-refractivity contribution >= 4 is 11.6 Å². The molecule has 0 saturated heterocycles. The molecule has 0 aliphatic rings. The van der Waals surface area contributed by atoms with E-state index in [9.17, 15) is 5.11 Å². The third kappa shape index (κ3) is 3.46. The minimum atomic E-state index is -0.815. The SMILES string of the molecule is CCCOc1ccccc1C(O)c1ccc(Cl)cn1. The highest BCUT2D eigenvalue weighted by atomic mass is 35.5. The average Bonchev–Trinajstić information content (AvgIpc) is 2.45. The second kappa shape index (κ2) is 6.55. The Bertz CT molecular complexity index is 528. The lowest BCUT2D eigenvalue weighted by Crippen LogP contribution is -2.06. The molecule has 19 heavy (non-hydrogen) atoms. The van der Waals surface area contributed by atoms with E-state index < -0.39 is 6.10 Å². The molecule has 0 saturated carbocycles. The molecule has 2 aromatic rings. The van der Waals surface area contributed by atoms with Gasteiger partial charge in [-0.1, -0.05) is 36.7 Å². The van der Waals surface area contributed by atoms with E-state index in [2.05, 4.69) is 4.98 Å². The molecular weight excluding hydrogens is 262 g/mol. The first-order valence-corrected chi connectivity index (χ1v) is 6.61. The van der Waals surface area contributed by atoms with Crippen LogP contribution in [0.5, 0.6) is 5.75 Å². The molecule has 0 aliphatic carbocycles. The Labute approximate surface area is 117 Å². The molecule has 2 rings (SSSR count). The predicted molar refractivity (Wildman–Crippen MR) is 75.5 cm³/mol. The number of ether oxygens (including phenoxy) is 1. The van der Waals surface area contributed by atoms with Crippen molar-refractivity contribution in [3.8, 4) is 5.75 Å². The zero-order valence-electron chi connectivity index (χ0n) is 10.7. The molecule has 1 heterocycles. The maximum atomic E-state index is 10.4. The number of pyridine rings is 1. The first-order chi connectivity index (χ1) is 9.22. The molecule has 1 aromatic heterocycles. The summed E-state index contributed by atoms with van der Waals surface area (Å²) in [6.07, 6.45) is 1.63. The Morgan fingerprint density at radius 2 is 2.05 bits per heavy atom. The second-order valence-corrected chi connectivity index (χ2v) is 4.63. The number of aliphatic hydroxyl groups is 1. The summed E-state index contributed by atoms with van der Waals surface area (Å²) in [5, 5.41) is 10.9. The van der Waals surface area contributed by atoms with Gasteiger partial charge >= 0.3 is 0 Å². The highest BCUT2D eigenvalue weighted by Crippen LogP contribution is 2.29. The van der Waals surface area contributed by atoms with Gasteiger partial charge in [0.05, 0.1) is 17.3 Å². The van der Waals surface area contributed by atoms with Crippen LogP contribution >= 0.6 is 11.6 Å². The van der Waals surface area contributed by atoms with Crippen LogP contribution in [0.2, 0.25) is 5.02 Å². The zero-order valence-corrected chi connectivity index (χ0v) is 11.5. The highest BCUT2D eigenvalue weighted by molar-refractivity contribution is 6.30. The lowest BCUT2D eigenvalue weighted by molar-refractivity contribution is 0.206. The molecule has 1 unspecified atom stereocenters. The fourth-order valence-corrected chi connectivity index (χ4v) is 1.87. The van der Waals surface area contributed by atoms with E-state index in [1.54, 1.807) is 12.1 Å². The Kier molecular flexibility index (Phi) is 4.77. The van der Waals surface area contributed by atoms with Crippen LogP contribution in [0, 0.1) is 0 Å². The fraction of sp³-hybridized carbons (Fsp3) is 0.267. The first kappa shape index (κ1) is 13.8. The van der Waals surface area contributed by atoms with Gasteiger partial charge in [0.1, 0.15) is 11.9 Å². The third-order valence-corrected chi connectivity index (χ3v) is 2.93. The molecule has 4 heteroatoms. The van der Waals surface area contributed by atoms with Gasteiger partial charge in [-0.05, 0) is 24.6 Å². The average molecular weight is 278 g/mol. The Morgan fingerprint density at radius 1 is 1.26 bits per heavy atom. The molecule has 1 atom stereocenters. The summed E-state index contributed by atoms with van der Waals surface area (Å²) in [5.41, 5.74) is 1.27. The monoisotopic (exact) mass is 277 g/mol. The van der Waals surface area contributed by atoms with Crippen molar-refractivity contribution in [2.75, 3.05) is 6.61 Å². The van der Waals surface area contributed by atoms with E-state index >= 15 is 0 Å². The normalized spacial score (nSPS) is 12.2. The van der Waals surface area contributed by atoms with Gasteiger partial charge in [0.25, 0.3) is 0 Å². The maximum absolute atomic E-state index is 10.4. The molecule has 1 aromatic carbocycles. The largest absolute Gasteiger partial charge is 0.493 e. The predicted octanol–water partition coefficient (Wildman–Crippen LogP) is 3.61. The minimum Gasteiger partial charge on any atom is -0.493 e. The van der Waals surface area contributed by atoms with Gasteiger partial charge in [0.15, 0.2) is 0 Å². The molecule has 0 bridgehead atoms. The standard InChI is InChI=1S/C15H16ClNO2/c1-2-9-19-14-6-4-3-5-12(14)15(18)13-8-7-11(16)10-17-13/h3-8,10,15,18H,2,9H2,1H3. The van der Waals surface area contributed by atoms with Crippen molar-refractivity contribution in [3.63, 3.8) is 0 Å². The van der Waals surface area contributed by atoms with E-state index in [1.165, 1.54) is 6.20 Å². The number of para-hydroxylation sites is 1. The quantitative estimate of drug-likeness (QED) is 0.908. The molecule has 100 valence electrons. The molecule has 0 aliphatic heterocycles. The molecular formula is C15H16ClNO2. The van der Waals surface area contributed by atoms with Crippen LogP contribution in [0.4, 0.5) is 0 Å². The number of aromatic nitrogens is 1. The van der Waals surface area contributed by atoms with Gasteiger partial charge in [-0.15, -0.1) is 0 Å². The number of aliphatic hydroxyl groups excluding tert-OH is 1. The van der Waals surface area contributed by atoms with Crippen LogP contribution in [0.15, 0.2) is 42.6 Å². The fourth-order valence-electron chi connectivity index (χ4n) is 1.76. The summed E-state index contributed by atoms with van der Waals surface area (Å²) < 4.78 is 5.64. The molecule has 0 radical (unpaired) electrons. The summed E-state index contributed by atoms with van der Waals surface area (Å²) in [7, 11) is 0. The van der Waals surface area contributed by atoms with Crippen molar-refractivity contribution in [2.24, 2.45) is 0 Å². The van der Waals surface area contributed by atoms with E-state index in [0.717, 1.165) is 6.42 Å². The van der Waals surface area contributed by atoms with Crippen LogP contribution in [0.3, 0.4) is 0 Å². The van der Waals surface area contributed by atoms with Crippen LogP contribution in [0.25, 0.3) is 0 Å². The Hall–Kier alpha value is -1.58. The number of hydrogen-bond acceptors (Lipinski definition) is 3. The van der Waals surface area contributed by atoms with Crippen molar-refractivity contribution in [1.29, 1.82) is 0 Å². The molecule has 0 fully saturated rings. The second-order valence-electron chi connectivity index (χ2n) is 4.19. The maximum Gasteiger partial charge on any atom is 0.125 e. The number of rotatable bonds is 5.